The lowest BCUT2D eigenvalue weighted by molar-refractivity contribution is 0.953. The Morgan fingerprint density at radius 1 is 0.142 bits per heavy atom. The second-order valence-corrected chi connectivity index (χ2v) is 30.9. The van der Waals surface area contributed by atoms with Crippen LogP contribution in [0, 0.1) is 0 Å². The first-order valence-corrected chi connectivity index (χ1v) is 40.6. The van der Waals surface area contributed by atoms with E-state index in [0.717, 1.165) is 93.8 Å². The van der Waals surface area contributed by atoms with E-state index in [2.05, 4.69) is 309 Å². The zero-order chi connectivity index (χ0) is 78.9. The van der Waals surface area contributed by atoms with Gasteiger partial charge in [0.05, 0.1) is 49.8 Å². The largest absolute Gasteiger partial charge is 0.309 e. The number of hydrogen-bond donors (Lipinski definition) is 0. The molecule has 6 aromatic heterocycles. The fourth-order valence-corrected chi connectivity index (χ4v) is 18.6. The molecule has 10 heteroatoms. The monoisotopic (exact) mass is 1530 g/mol. The molecule has 0 spiro atoms. The van der Waals surface area contributed by atoms with E-state index in [1.807, 2.05) is 121 Å². The van der Waals surface area contributed by atoms with Crippen LogP contribution in [-0.4, -0.2) is 48.2 Å². The molecule has 10 nitrogen and oxygen atoms in total. The SMILES string of the molecule is c1ccc(-c2nc(-c3ccccc3)nc(-n3c4ccccc4c4cc(-c5ccc6c(c5)c5ccccc5n6-c5cc6ccccc6c6ccccc56)ccc43)n2)cc1.c1ccc(-c2nc(-c3ccccc3)nc(-n3c4ccccc4c4cc(-c5ccc6c(c5)c5ccccc5n6-c5ccc6c7ccccc7c7ccccc7c6c5)ccc43)n2)cc1. The van der Waals surface area contributed by atoms with Crippen LogP contribution in [0.25, 0.3) is 232 Å². The summed E-state index contributed by atoms with van der Waals surface area (Å²) in [5.41, 5.74) is 19.6. The summed E-state index contributed by atoms with van der Waals surface area (Å²) in [4.78, 5) is 30.4. The Hall–Kier alpha value is -16.3. The quantitative estimate of drug-likeness (QED) is 0.127. The summed E-state index contributed by atoms with van der Waals surface area (Å²) in [5.74, 6) is 3.71. The van der Waals surface area contributed by atoms with Gasteiger partial charge in [-0.15, -0.1) is 0 Å². The molecule has 19 aromatic carbocycles. The van der Waals surface area contributed by atoms with Crippen molar-refractivity contribution in [3.63, 3.8) is 0 Å². The van der Waals surface area contributed by atoms with Crippen molar-refractivity contribution in [2.45, 2.75) is 0 Å². The van der Waals surface area contributed by atoms with E-state index in [1.54, 1.807) is 0 Å². The molecule has 25 rings (SSSR count). The third kappa shape index (κ3) is 11.1. The van der Waals surface area contributed by atoms with Crippen molar-refractivity contribution in [2.75, 3.05) is 0 Å². The zero-order valence-electron chi connectivity index (χ0n) is 64.7. The lowest BCUT2D eigenvalue weighted by Crippen LogP contribution is -2.06. The Labute approximate surface area is 688 Å². The molecule has 0 amide bonds. The average molecular weight is 1530 g/mol. The minimum Gasteiger partial charge on any atom is -0.309 e. The summed E-state index contributed by atoms with van der Waals surface area (Å²) in [6.07, 6.45) is 0. The molecule has 0 N–H and O–H groups in total. The average Bonchev–Trinajstić information content (AvgIpc) is 1.48. The van der Waals surface area contributed by atoms with Crippen LogP contribution in [-0.2, 0) is 0 Å². The van der Waals surface area contributed by atoms with Gasteiger partial charge in [0.15, 0.2) is 23.3 Å². The number of hydrogen-bond acceptors (Lipinski definition) is 6. The first-order chi connectivity index (χ1) is 59.5. The Kier molecular flexibility index (Phi) is 15.7. The molecule has 0 aliphatic rings. The molecular formula is C110H68N10. The summed E-state index contributed by atoms with van der Waals surface area (Å²) in [7, 11) is 0. The number of benzene rings is 19. The maximum Gasteiger partial charge on any atom is 0.238 e. The molecule has 0 bridgehead atoms. The Morgan fingerprint density at radius 3 is 0.792 bits per heavy atom. The van der Waals surface area contributed by atoms with Gasteiger partial charge in [-0.25, -0.2) is 9.97 Å². The fourth-order valence-electron chi connectivity index (χ4n) is 18.6. The summed E-state index contributed by atoms with van der Waals surface area (Å²) < 4.78 is 9.24. The molecule has 0 aliphatic carbocycles. The van der Waals surface area contributed by atoms with Crippen molar-refractivity contribution in [3.05, 3.63) is 413 Å². The molecule has 558 valence electrons. The van der Waals surface area contributed by atoms with Gasteiger partial charge in [0, 0.05) is 76.4 Å². The smallest absolute Gasteiger partial charge is 0.238 e. The van der Waals surface area contributed by atoms with Gasteiger partial charge >= 0.3 is 0 Å². The molecule has 120 heavy (non-hydrogen) atoms. The van der Waals surface area contributed by atoms with Crippen LogP contribution in [0.2, 0.25) is 0 Å². The van der Waals surface area contributed by atoms with E-state index < -0.39 is 0 Å². The molecule has 25 aromatic rings. The lowest BCUT2D eigenvalue weighted by atomic mass is 9.94. The third-order valence-corrected chi connectivity index (χ3v) is 24.1. The number of aromatic nitrogens is 10. The van der Waals surface area contributed by atoms with Crippen LogP contribution >= 0.6 is 0 Å². The van der Waals surface area contributed by atoms with Crippen LogP contribution in [0.15, 0.2) is 413 Å². The standard InChI is InChI=1S/C57H35N5.C53H33N5/c1-3-15-36(16-4-1)55-58-56(37-17-5-2-6-18-37)60-57(59-55)62-52-26-14-12-24-47(52)50-34-39(28-32-54(50)62)38-27-31-53-49(33-38)46-23-11-13-25-51(46)61(53)40-29-30-45-43-21-8-7-19-41(43)42-20-9-10-22-44(42)48(45)35-40;1-3-15-34(16-4-1)51-54-52(35-17-5-2-6-18-35)56-53(55-51)58-47-26-14-12-24-43(47)45-32-37(28-30-49(45)58)36-27-29-48-44(31-36)42-23-11-13-25-46(42)57(48)50-33-38-19-7-8-20-39(38)40-21-9-10-22-41(40)50/h1-35H;1-33H. The first-order valence-electron chi connectivity index (χ1n) is 40.6. The molecule has 0 saturated heterocycles. The van der Waals surface area contributed by atoms with Gasteiger partial charge in [0.25, 0.3) is 0 Å². The van der Waals surface area contributed by atoms with E-state index in [-0.39, 0.29) is 0 Å². The highest BCUT2D eigenvalue weighted by molar-refractivity contribution is 6.26. The second kappa shape index (κ2) is 27.7. The lowest BCUT2D eigenvalue weighted by Gasteiger charge is -2.14. The van der Waals surface area contributed by atoms with Crippen molar-refractivity contribution < 1.29 is 0 Å². The summed E-state index contributed by atoms with van der Waals surface area (Å²) >= 11 is 0. The van der Waals surface area contributed by atoms with Gasteiger partial charge in [-0.1, -0.05) is 322 Å². The maximum absolute atomic E-state index is 5.13. The van der Waals surface area contributed by atoms with Crippen LogP contribution in [0.4, 0.5) is 0 Å². The first kappa shape index (κ1) is 68.1. The molecule has 0 atom stereocenters. The molecule has 0 unspecified atom stereocenters. The molecule has 6 heterocycles. The molecule has 0 fully saturated rings. The van der Waals surface area contributed by atoms with Crippen molar-refractivity contribution in [3.8, 4) is 91.1 Å². The highest BCUT2D eigenvalue weighted by Gasteiger charge is 2.25. The predicted octanol–water partition coefficient (Wildman–Crippen LogP) is 27.9. The number of nitrogens with zero attached hydrogens (tertiary/aromatic N) is 10. The Morgan fingerprint density at radius 2 is 0.408 bits per heavy atom. The van der Waals surface area contributed by atoms with Crippen LogP contribution in [0.1, 0.15) is 0 Å². The van der Waals surface area contributed by atoms with Crippen molar-refractivity contribution in [1.82, 2.24) is 48.2 Å². The fraction of sp³-hybridized carbons (Fsp3) is 0. The highest BCUT2D eigenvalue weighted by atomic mass is 15.2. The van der Waals surface area contributed by atoms with E-state index in [0.29, 0.717) is 35.2 Å². The van der Waals surface area contributed by atoms with Gasteiger partial charge in [-0.05, 0) is 162 Å². The molecule has 0 aliphatic heterocycles. The van der Waals surface area contributed by atoms with Crippen molar-refractivity contribution >= 4 is 141 Å². The zero-order valence-corrected chi connectivity index (χ0v) is 64.7. The number of fused-ring (bicyclic) bond motifs is 21. The summed E-state index contributed by atoms with van der Waals surface area (Å²) in [6, 6.07) is 147. The molecular weight excluding hydrogens is 1460 g/mol. The van der Waals surface area contributed by atoms with Gasteiger partial charge in [-0.2, -0.15) is 19.9 Å². The minimum absolute atomic E-state index is 0.584. The maximum atomic E-state index is 5.13. The van der Waals surface area contributed by atoms with E-state index in [4.69, 9.17) is 29.9 Å². The third-order valence-electron chi connectivity index (χ3n) is 24.1. The molecule has 0 radical (unpaired) electrons. The molecule has 0 saturated carbocycles. The Bertz CT molecular complexity index is 8330. The van der Waals surface area contributed by atoms with Crippen molar-refractivity contribution in [2.24, 2.45) is 0 Å². The van der Waals surface area contributed by atoms with E-state index in [9.17, 15) is 0 Å². The minimum atomic E-state index is 0.584. The van der Waals surface area contributed by atoms with Gasteiger partial charge in [-0.3, -0.25) is 9.13 Å². The van der Waals surface area contributed by atoms with Crippen LogP contribution < -0.4 is 0 Å². The van der Waals surface area contributed by atoms with Gasteiger partial charge < -0.3 is 9.13 Å². The number of para-hydroxylation sites is 4. The van der Waals surface area contributed by atoms with Gasteiger partial charge in [0.2, 0.25) is 11.9 Å². The van der Waals surface area contributed by atoms with Crippen LogP contribution in [0.3, 0.4) is 0 Å². The summed E-state index contributed by atoms with van der Waals surface area (Å²) in [5, 5.41) is 22.1. The number of rotatable bonds is 10. The Balaban J connectivity index is 0.000000137. The predicted molar refractivity (Wildman–Crippen MR) is 497 cm³/mol. The topological polar surface area (TPSA) is 97.1 Å². The second-order valence-electron chi connectivity index (χ2n) is 30.9. The van der Waals surface area contributed by atoms with E-state index >= 15 is 0 Å². The van der Waals surface area contributed by atoms with Gasteiger partial charge in [0.1, 0.15) is 0 Å². The summed E-state index contributed by atoms with van der Waals surface area (Å²) in [6.45, 7) is 0. The van der Waals surface area contributed by atoms with Crippen molar-refractivity contribution in [1.29, 1.82) is 0 Å². The van der Waals surface area contributed by atoms with Crippen LogP contribution in [0.5, 0.6) is 0 Å². The normalized spacial score (nSPS) is 11.8. The highest BCUT2D eigenvalue weighted by Crippen LogP contribution is 2.45. The van der Waals surface area contributed by atoms with E-state index in [1.165, 1.54) is 103 Å².